The summed E-state index contributed by atoms with van der Waals surface area (Å²) in [6.07, 6.45) is -0.0337. The highest BCUT2D eigenvalue weighted by Gasteiger charge is 2.23. The number of furan rings is 1. The van der Waals surface area contributed by atoms with Gasteiger partial charge in [0.2, 0.25) is 0 Å². The summed E-state index contributed by atoms with van der Waals surface area (Å²) in [4.78, 5) is 0. The van der Waals surface area contributed by atoms with Crippen molar-refractivity contribution in [3.63, 3.8) is 0 Å². The standard InChI is InChI=1S/C15H20FNO2/c1-4-17-14(10(3)18-5-2)13-9-11-7-6-8-12(16)15(11)19-13/h6-10,14,17H,4-5H2,1-3H3. The lowest BCUT2D eigenvalue weighted by Crippen LogP contribution is -2.31. The maximum atomic E-state index is 13.7. The number of hydrogen-bond acceptors (Lipinski definition) is 3. The van der Waals surface area contributed by atoms with Crippen molar-refractivity contribution in [2.45, 2.75) is 32.9 Å². The molecule has 0 aliphatic rings. The van der Waals surface area contributed by atoms with Crippen LogP contribution >= 0.6 is 0 Å². The first-order chi connectivity index (χ1) is 9.17. The molecule has 0 aliphatic heterocycles. The van der Waals surface area contributed by atoms with Gasteiger partial charge in [-0.05, 0) is 32.5 Å². The van der Waals surface area contributed by atoms with Crippen LogP contribution in [0, 0.1) is 5.82 Å². The zero-order valence-electron chi connectivity index (χ0n) is 11.6. The Kier molecular flexibility index (Phi) is 4.56. The molecule has 0 amide bonds. The molecule has 0 bridgehead atoms. The molecule has 19 heavy (non-hydrogen) atoms. The Hall–Kier alpha value is -1.39. The number of fused-ring (bicyclic) bond motifs is 1. The van der Waals surface area contributed by atoms with Gasteiger partial charge < -0.3 is 14.5 Å². The fourth-order valence-electron chi connectivity index (χ4n) is 2.28. The normalized spacial score (nSPS) is 14.7. The second kappa shape index (κ2) is 6.17. The third kappa shape index (κ3) is 2.96. The molecule has 1 N–H and O–H groups in total. The Bertz CT molecular complexity index is 538. The summed E-state index contributed by atoms with van der Waals surface area (Å²) in [6, 6.07) is 6.74. The zero-order chi connectivity index (χ0) is 13.8. The maximum Gasteiger partial charge on any atom is 0.169 e. The van der Waals surface area contributed by atoms with Crippen LogP contribution in [0.1, 0.15) is 32.6 Å². The van der Waals surface area contributed by atoms with Gasteiger partial charge in [0.05, 0.1) is 12.1 Å². The van der Waals surface area contributed by atoms with Crippen molar-refractivity contribution in [1.29, 1.82) is 0 Å². The van der Waals surface area contributed by atoms with E-state index < -0.39 is 0 Å². The Morgan fingerprint density at radius 3 is 2.79 bits per heavy atom. The van der Waals surface area contributed by atoms with Crippen LogP contribution in [-0.4, -0.2) is 19.3 Å². The average Bonchev–Trinajstić information content (AvgIpc) is 2.81. The topological polar surface area (TPSA) is 34.4 Å². The minimum atomic E-state index is -0.330. The van der Waals surface area contributed by atoms with Gasteiger partial charge in [-0.2, -0.15) is 0 Å². The van der Waals surface area contributed by atoms with Gasteiger partial charge in [0.15, 0.2) is 11.4 Å². The van der Waals surface area contributed by atoms with Gasteiger partial charge in [-0.25, -0.2) is 4.39 Å². The van der Waals surface area contributed by atoms with Crippen LogP contribution in [0.4, 0.5) is 4.39 Å². The van der Waals surface area contributed by atoms with E-state index in [9.17, 15) is 4.39 Å². The third-order valence-corrected chi connectivity index (χ3v) is 3.14. The molecule has 2 rings (SSSR count). The second-order valence-electron chi connectivity index (χ2n) is 4.50. The molecule has 2 unspecified atom stereocenters. The minimum absolute atomic E-state index is 0.0337. The van der Waals surface area contributed by atoms with E-state index in [4.69, 9.17) is 9.15 Å². The summed E-state index contributed by atoms with van der Waals surface area (Å²) in [6.45, 7) is 7.40. The Labute approximate surface area is 112 Å². The van der Waals surface area contributed by atoms with E-state index in [1.807, 2.05) is 32.9 Å². The molecule has 3 nitrogen and oxygen atoms in total. The predicted octanol–water partition coefficient (Wildman–Crippen LogP) is 3.65. The van der Waals surface area contributed by atoms with Crippen LogP contribution in [0.2, 0.25) is 0 Å². The molecule has 0 radical (unpaired) electrons. The SMILES string of the molecule is CCNC(c1cc2cccc(F)c2o1)C(C)OCC. The molecule has 104 valence electrons. The molecule has 0 aliphatic carbocycles. The van der Waals surface area contributed by atoms with E-state index in [2.05, 4.69) is 5.32 Å². The summed E-state index contributed by atoms with van der Waals surface area (Å²) < 4.78 is 24.9. The van der Waals surface area contributed by atoms with Crippen LogP contribution in [-0.2, 0) is 4.74 Å². The fraction of sp³-hybridized carbons (Fsp3) is 0.467. The molecular weight excluding hydrogens is 245 g/mol. The largest absolute Gasteiger partial charge is 0.456 e. The summed E-state index contributed by atoms with van der Waals surface area (Å²) >= 11 is 0. The Morgan fingerprint density at radius 2 is 2.16 bits per heavy atom. The van der Waals surface area contributed by atoms with Crippen LogP contribution in [0.15, 0.2) is 28.7 Å². The smallest absolute Gasteiger partial charge is 0.169 e. The summed E-state index contributed by atoms with van der Waals surface area (Å²) in [7, 11) is 0. The highest BCUT2D eigenvalue weighted by atomic mass is 19.1. The number of para-hydroxylation sites is 1. The predicted molar refractivity (Wildman–Crippen MR) is 73.7 cm³/mol. The van der Waals surface area contributed by atoms with E-state index in [1.54, 1.807) is 6.07 Å². The lowest BCUT2D eigenvalue weighted by Gasteiger charge is -2.22. The lowest BCUT2D eigenvalue weighted by atomic mass is 10.1. The van der Waals surface area contributed by atoms with E-state index >= 15 is 0 Å². The second-order valence-corrected chi connectivity index (χ2v) is 4.50. The summed E-state index contributed by atoms with van der Waals surface area (Å²) in [5.74, 6) is 0.381. The molecule has 1 aromatic heterocycles. The molecule has 1 aromatic carbocycles. The van der Waals surface area contributed by atoms with Crippen LogP contribution in [0.25, 0.3) is 11.0 Å². The van der Waals surface area contributed by atoms with Crippen LogP contribution in [0.5, 0.6) is 0 Å². The minimum Gasteiger partial charge on any atom is -0.456 e. The van der Waals surface area contributed by atoms with Gasteiger partial charge in [0.25, 0.3) is 0 Å². The fourth-order valence-corrected chi connectivity index (χ4v) is 2.28. The number of ether oxygens (including phenoxy) is 1. The Balaban J connectivity index is 2.36. The van der Waals surface area contributed by atoms with Crippen molar-refractivity contribution >= 4 is 11.0 Å². The molecule has 4 heteroatoms. The van der Waals surface area contributed by atoms with Crippen molar-refractivity contribution in [2.75, 3.05) is 13.2 Å². The quantitative estimate of drug-likeness (QED) is 0.865. The van der Waals surface area contributed by atoms with E-state index in [0.29, 0.717) is 18.0 Å². The maximum absolute atomic E-state index is 13.7. The van der Waals surface area contributed by atoms with Crippen molar-refractivity contribution in [1.82, 2.24) is 5.32 Å². The molecule has 2 aromatic rings. The van der Waals surface area contributed by atoms with Crippen molar-refractivity contribution in [3.8, 4) is 0 Å². The van der Waals surface area contributed by atoms with Gasteiger partial charge in [0.1, 0.15) is 5.76 Å². The molecule has 0 fully saturated rings. The summed E-state index contributed by atoms with van der Waals surface area (Å²) in [5.41, 5.74) is 0.309. The zero-order valence-corrected chi connectivity index (χ0v) is 11.6. The molecule has 0 spiro atoms. The monoisotopic (exact) mass is 265 g/mol. The van der Waals surface area contributed by atoms with Crippen LogP contribution < -0.4 is 5.32 Å². The van der Waals surface area contributed by atoms with Crippen molar-refractivity contribution < 1.29 is 13.5 Å². The first kappa shape index (κ1) is 14.0. The van der Waals surface area contributed by atoms with Crippen molar-refractivity contribution in [3.05, 3.63) is 35.8 Å². The number of likely N-dealkylation sites (N-methyl/N-ethyl adjacent to an activating group) is 1. The molecule has 2 atom stereocenters. The van der Waals surface area contributed by atoms with E-state index in [-0.39, 0.29) is 18.0 Å². The number of hydrogen-bond donors (Lipinski definition) is 1. The average molecular weight is 265 g/mol. The number of halogens is 1. The number of benzene rings is 1. The van der Waals surface area contributed by atoms with Crippen molar-refractivity contribution in [2.24, 2.45) is 0 Å². The van der Waals surface area contributed by atoms with Crippen LogP contribution in [0.3, 0.4) is 0 Å². The molecule has 1 heterocycles. The van der Waals surface area contributed by atoms with Gasteiger partial charge >= 0.3 is 0 Å². The Morgan fingerprint density at radius 1 is 1.37 bits per heavy atom. The van der Waals surface area contributed by atoms with E-state index in [0.717, 1.165) is 11.9 Å². The first-order valence-corrected chi connectivity index (χ1v) is 6.70. The van der Waals surface area contributed by atoms with Gasteiger partial charge in [-0.3, -0.25) is 0 Å². The van der Waals surface area contributed by atoms with E-state index in [1.165, 1.54) is 6.07 Å². The molecular formula is C15H20FNO2. The number of nitrogens with one attached hydrogen (secondary N) is 1. The number of rotatable bonds is 6. The lowest BCUT2D eigenvalue weighted by molar-refractivity contribution is 0.0422. The highest BCUT2D eigenvalue weighted by molar-refractivity contribution is 5.78. The van der Waals surface area contributed by atoms with Gasteiger partial charge in [-0.15, -0.1) is 0 Å². The van der Waals surface area contributed by atoms with Gasteiger partial charge in [0, 0.05) is 12.0 Å². The first-order valence-electron chi connectivity index (χ1n) is 6.70. The molecule has 0 saturated heterocycles. The summed E-state index contributed by atoms with van der Waals surface area (Å²) in [5, 5.41) is 4.10. The molecule has 0 saturated carbocycles. The van der Waals surface area contributed by atoms with Gasteiger partial charge in [-0.1, -0.05) is 19.1 Å². The highest BCUT2D eigenvalue weighted by Crippen LogP contribution is 2.28. The third-order valence-electron chi connectivity index (χ3n) is 3.14.